The van der Waals surface area contributed by atoms with Gasteiger partial charge in [0.05, 0.1) is 30.5 Å². The van der Waals surface area contributed by atoms with Gasteiger partial charge in [0.25, 0.3) is 11.8 Å². The van der Waals surface area contributed by atoms with Crippen LogP contribution in [0.25, 0.3) is 0 Å². The van der Waals surface area contributed by atoms with Crippen molar-refractivity contribution in [3.63, 3.8) is 0 Å². The van der Waals surface area contributed by atoms with Crippen LogP contribution in [-0.4, -0.2) is 60.8 Å². The first-order chi connectivity index (χ1) is 17.0. The predicted molar refractivity (Wildman–Crippen MR) is 134 cm³/mol. The highest BCUT2D eigenvalue weighted by atomic mass is 16.5. The van der Waals surface area contributed by atoms with E-state index in [4.69, 9.17) is 4.74 Å². The Hall–Kier alpha value is -3.35. The Morgan fingerprint density at radius 2 is 1.71 bits per heavy atom. The molecule has 5 rings (SSSR count). The van der Waals surface area contributed by atoms with Crippen LogP contribution in [0.1, 0.15) is 58.9 Å². The van der Waals surface area contributed by atoms with E-state index in [1.807, 2.05) is 41.3 Å². The first-order valence-corrected chi connectivity index (χ1v) is 12.6. The summed E-state index contributed by atoms with van der Waals surface area (Å²) in [5.41, 5.74) is 2.62. The molecule has 0 aliphatic carbocycles. The standard InChI is InChI=1S/C28H33N3O4/c1-19-5-4-14-30(17-19)26(32)21-12-15-29(16-13-21)24-7-3-6-23-25(24)28(34)31(27(23)33)18-20-8-10-22(35-2)11-9-20/h3,6-11,19,21H,4-5,12-18H2,1-2H3. The Morgan fingerprint density at radius 1 is 0.971 bits per heavy atom. The first-order valence-electron chi connectivity index (χ1n) is 12.6. The van der Waals surface area contributed by atoms with E-state index in [-0.39, 0.29) is 30.2 Å². The minimum atomic E-state index is -0.257. The van der Waals surface area contributed by atoms with Gasteiger partial charge in [-0.15, -0.1) is 0 Å². The van der Waals surface area contributed by atoms with Gasteiger partial charge in [0.2, 0.25) is 5.91 Å². The maximum Gasteiger partial charge on any atom is 0.263 e. The first kappa shape index (κ1) is 23.4. The lowest BCUT2D eigenvalue weighted by Crippen LogP contribution is -2.46. The van der Waals surface area contributed by atoms with Crippen LogP contribution in [0.2, 0.25) is 0 Å². The number of methoxy groups -OCH3 is 1. The Kier molecular flexibility index (Phi) is 6.50. The molecular weight excluding hydrogens is 442 g/mol. The zero-order valence-electron chi connectivity index (χ0n) is 20.5. The van der Waals surface area contributed by atoms with Crippen molar-refractivity contribution < 1.29 is 19.1 Å². The molecule has 0 saturated carbocycles. The van der Waals surface area contributed by atoms with Crippen molar-refractivity contribution in [2.45, 2.75) is 39.2 Å². The molecule has 0 spiro atoms. The summed E-state index contributed by atoms with van der Waals surface area (Å²) in [5, 5.41) is 0. The largest absolute Gasteiger partial charge is 0.497 e. The van der Waals surface area contributed by atoms with Crippen LogP contribution >= 0.6 is 0 Å². The van der Waals surface area contributed by atoms with Crippen LogP contribution in [0.5, 0.6) is 5.75 Å². The molecule has 0 N–H and O–H groups in total. The average molecular weight is 476 g/mol. The second-order valence-electron chi connectivity index (χ2n) is 10.0. The molecule has 0 bridgehead atoms. The molecule has 2 aromatic rings. The third-order valence-corrected chi connectivity index (χ3v) is 7.63. The van der Waals surface area contributed by atoms with E-state index >= 15 is 0 Å². The highest BCUT2D eigenvalue weighted by Crippen LogP contribution is 2.35. The lowest BCUT2D eigenvalue weighted by molar-refractivity contribution is -0.137. The van der Waals surface area contributed by atoms with E-state index in [1.165, 1.54) is 11.3 Å². The van der Waals surface area contributed by atoms with Crippen LogP contribution in [0, 0.1) is 11.8 Å². The van der Waals surface area contributed by atoms with E-state index < -0.39 is 0 Å². The van der Waals surface area contributed by atoms with Gasteiger partial charge >= 0.3 is 0 Å². The molecule has 35 heavy (non-hydrogen) atoms. The van der Waals surface area contributed by atoms with Crippen molar-refractivity contribution in [1.82, 2.24) is 9.80 Å². The molecule has 1 unspecified atom stereocenters. The van der Waals surface area contributed by atoms with Gasteiger partial charge in [0, 0.05) is 32.1 Å². The number of amides is 3. The summed E-state index contributed by atoms with van der Waals surface area (Å²) < 4.78 is 5.20. The average Bonchev–Trinajstić information content (AvgIpc) is 3.13. The van der Waals surface area contributed by atoms with Gasteiger partial charge in [0.1, 0.15) is 5.75 Å². The summed E-state index contributed by atoms with van der Waals surface area (Å²) in [5.74, 6) is 1.12. The monoisotopic (exact) mass is 475 g/mol. The van der Waals surface area contributed by atoms with E-state index in [0.717, 1.165) is 49.4 Å². The maximum absolute atomic E-state index is 13.4. The number of rotatable bonds is 5. The summed E-state index contributed by atoms with van der Waals surface area (Å²) in [7, 11) is 1.60. The highest BCUT2D eigenvalue weighted by Gasteiger charge is 2.39. The molecule has 7 heteroatoms. The number of carbonyl (C=O) groups excluding carboxylic acids is 3. The number of ether oxygens (including phenoxy) is 1. The van der Waals surface area contributed by atoms with Crippen LogP contribution in [-0.2, 0) is 11.3 Å². The van der Waals surface area contributed by atoms with Crippen molar-refractivity contribution in [2.75, 3.05) is 38.2 Å². The zero-order valence-corrected chi connectivity index (χ0v) is 20.5. The van der Waals surface area contributed by atoms with Crippen molar-refractivity contribution in [3.05, 3.63) is 59.2 Å². The van der Waals surface area contributed by atoms with Crippen LogP contribution in [0.15, 0.2) is 42.5 Å². The molecular formula is C28H33N3O4. The third kappa shape index (κ3) is 4.51. The number of benzene rings is 2. The number of carbonyl (C=O) groups is 3. The molecule has 0 aromatic heterocycles. The van der Waals surface area contributed by atoms with Crippen molar-refractivity contribution in [3.8, 4) is 5.75 Å². The third-order valence-electron chi connectivity index (χ3n) is 7.63. The second kappa shape index (κ2) is 9.72. The molecule has 7 nitrogen and oxygen atoms in total. The number of nitrogens with zero attached hydrogens (tertiary/aromatic N) is 3. The molecule has 3 amide bonds. The Bertz CT molecular complexity index is 1120. The fourth-order valence-electron chi connectivity index (χ4n) is 5.65. The zero-order chi connectivity index (χ0) is 24.5. The number of hydrogen-bond donors (Lipinski definition) is 0. The summed E-state index contributed by atoms with van der Waals surface area (Å²) in [6.07, 6.45) is 3.82. The van der Waals surface area contributed by atoms with Gasteiger partial charge in [-0.2, -0.15) is 0 Å². The lowest BCUT2D eigenvalue weighted by atomic mass is 9.92. The SMILES string of the molecule is COc1ccc(CN2C(=O)c3cccc(N4CCC(C(=O)N5CCCC(C)C5)CC4)c3C2=O)cc1. The van der Waals surface area contributed by atoms with Crippen LogP contribution in [0.4, 0.5) is 5.69 Å². The molecule has 2 aromatic carbocycles. The molecule has 3 aliphatic rings. The minimum Gasteiger partial charge on any atom is -0.497 e. The summed E-state index contributed by atoms with van der Waals surface area (Å²) >= 11 is 0. The van der Waals surface area contributed by atoms with Crippen molar-refractivity contribution >= 4 is 23.4 Å². The molecule has 184 valence electrons. The van der Waals surface area contributed by atoms with Crippen LogP contribution in [0.3, 0.4) is 0 Å². The van der Waals surface area contributed by atoms with Crippen molar-refractivity contribution in [1.29, 1.82) is 0 Å². The summed E-state index contributed by atoms with van der Waals surface area (Å²) in [4.78, 5) is 45.1. The molecule has 2 fully saturated rings. The summed E-state index contributed by atoms with van der Waals surface area (Å²) in [6.45, 7) is 5.59. The van der Waals surface area contributed by atoms with E-state index in [0.29, 0.717) is 30.1 Å². The number of likely N-dealkylation sites (tertiary alicyclic amines) is 1. The second-order valence-corrected chi connectivity index (χ2v) is 10.0. The number of anilines is 1. The highest BCUT2D eigenvalue weighted by molar-refractivity contribution is 6.23. The lowest BCUT2D eigenvalue weighted by Gasteiger charge is -2.38. The van der Waals surface area contributed by atoms with Gasteiger partial charge in [-0.3, -0.25) is 19.3 Å². The number of piperidine rings is 2. The fraction of sp³-hybridized carbons (Fsp3) is 0.464. The Morgan fingerprint density at radius 3 is 2.40 bits per heavy atom. The maximum atomic E-state index is 13.4. The Labute approximate surface area is 206 Å². The van der Waals surface area contributed by atoms with Crippen molar-refractivity contribution in [2.24, 2.45) is 11.8 Å². The van der Waals surface area contributed by atoms with Gasteiger partial charge in [-0.1, -0.05) is 25.1 Å². The molecule has 2 saturated heterocycles. The minimum absolute atomic E-state index is 0.0391. The van der Waals surface area contributed by atoms with E-state index in [2.05, 4.69) is 11.8 Å². The Balaban J connectivity index is 1.28. The van der Waals surface area contributed by atoms with E-state index in [9.17, 15) is 14.4 Å². The van der Waals surface area contributed by atoms with Gasteiger partial charge in [-0.25, -0.2) is 0 Å². The van der Waals surface area contributed by atoms with Gasteiger partial charge in [0.15, 0.2) is 0 Å². The number of hydrogen-bond acceptors (Lipinski definition) is 5. The molecule has 0 radical (unpaired) electrons. The molecule has 3 aliphatic heterocycles. The molecule has 1 atom stereocenters. The smallest absolute Gasteiger partial charge is 0.263 e. The van der Waals surface area contributed by atoms with Crippen LogP contribution < -0.4 is 9.64 Å². The van der Waals surface area contributed by atoms with E-state index in [1.54, 1.807) is 13.2 Å². The quantitative estimate of drug-likeness (QED) is 0.612. The predicted octanol–water partition coefficient (Wildman–Crippen LogP) is 3.97. The summed E-state index contributed by atoms with van der Waals surface area (Å²) in [6, 6.07) is 12.9. The number of imide groups is 1. The number of fused-ring (bicyclic) bond motifs is 1. The van der Waals surface area contributed by atoms with Gasteiger partial charge < -0.3 is 14.5 Å². The molecule has 3 heterocycles. The normalized spacial score (nSPS) is 20.9. The fourth-order valence-corrected chi connectivity index (χ4v) is 5.65. The van der Waals surface area contributed by atoms with Gasteiger partial charge in [-0.05, 0) is 61.4 Å². The topological polar surface area (TPSA) is 70.2 Å².